The van der Waals surface area contributed by atoms with E-state index in [1.807, 2.05) is 6.07 Å². The number of ether oxygens (including phenoxy) is 2. The molecular formula is C11H13N3O3. The van der Waals surface area contributed by atoms with Crippen molar-refractivity contribution in [3.63, 3.8) is 0 Å². The van der Waals surface area contributed by atoms with E-state index in [1.165, 1.54) is 6.20 Å². The Bertz CT molecular complexity index is 510. The van der Waals surface area contributed by atoms with Crippen molar-refractivity contribution >= 4 is 0 Å². The van der Waals surface area contributed by atoms with Gasteiger partial charge >= 0.3 is 0 Å². The first kappa shape index (κ1) is 11.4. The molecule has 0 amide bonds. The van der Waals surface area contributed by atoms with Crippen LogP contribution in [-0.4, -0.2) is 34.3 Å². The highest BCUT2D eigenvalue weighted by molar-refractivity contribution is 5.48. The van der Waals surface area contributed by atoms with E-state index in [2.05, 4.69) is 10.3 Å². The van der Waals surface area contributed by atoms with E-state index in [1.54, 1.807) is 31.0 Å². The third kappa shape index (κ3) is 2.07. The van der Waals surface area contributed by atoms with Gasteiger partial charge in [0, 0.05) is 6.07 Å². The lowest BCUT2D eigenvalue weighted by molar-refractivity contribution is 0.273. The van der Waals surface area contributed by atoms with E-state index in [0.717, 1.165) is 5.69 Å². The molecule has 1 aromatic heterocycles. The Morgan fingerprint density at radius 3 is 2.65 bits per heavy atom. The topological polar surface area (TPSA) is 69.4 Å². The quantitative estimate of drug-likeness (QED) is 0.848. The van der Waals surface area contributed by atoms with E-state index < -0.39 is 0 Å². The van der Waals surface area contributed by atoms with Crippen LogP contribution in [0.3, 0.4) is 0 Å². The molecule has 0 saturated heterocycles. The number of hydrogen-bond donors (Lipinski definition) is 1. The van der Waals surface area contributed by atoms with E-state index >= 15 is 0 Å². The molecular weight excluding hydrogens is 222 g/mol. The molecule has 0 aliphatic heterocycles. The lowest BCUT2D eigenvalue weighted by Gasteiger charge is -2.10. The van der Waals surface area contributed by atoms with Gasteiger partial charge in [0.2, 0.25) is 0 Å². The van der Waals surface area contributed by atoms with Gasteiger partial charge in [-0.25, -0.2) is 4.68 Å². The smallest absolute Gasteiger partial charge is 0.162 e. The van der Waals surface area contributed by atoms with E-state index in [0.29, 0.717) is 17.2 Å². The van der Waals surface area contributed by atoms with Gasteiger partial charge in [0.25, 0.3) is 0 Å². The minimum absolute atomic E-state index is 0.124. The van der Waals surface area contributed by atoms with E-state index in [4.69, 9.17) is 14.6 Å². The van der Waals surface area contributed by atoms with Crippen LogP contribution in [0.4, 0.5) is 0 Å². The Balaban J connectivity index is 2.46. The number of aromatic nitrogens is 3. The summed E-state index contributed by atoms with van der Waals surface area (Å²) in [6, 6.07) is 5.36. The van der Waals surface area contributed by atoms with Gasteiger partial charge < -0.3 is 14.6 Å². The molecule has 6 heteroatoms. The van der Waals surface area contributed by atoms with Crippen LogP contribution in [0.5, 0.6) is 11.5 Å². The van der Waals surface area contributed by atoms with Crippen LogP contribution in [0.15, 0.2) is 24.4 Å². The number of rotatable bonds is 4. The maximum absolute atomic E-state index is 9.14. The molecule has 90 valence electrons. The predicted octanol–water partition coefficient (Wildman–Crippen LogP) is 0.777. The molecule has 0 radical (unpaired) electrons. The third-order valence-electron chi connectivity index (χ3n) is 2.39. The Morgan fingerprint density at radius 1 is 1.24 bits per heavy atom. The zero-order chi connectivity index (χ0) is 12.3. The Labute approximate surface area is 98.4 Å². The van der Waals surface area contributed by atoms with Crippen LogP contribution in [0.2, 0.25) is 0 Å². The van der Waals surface area contributed by atoms with E-state index in [-0.39, 0.29) is 6.61 Å². The number of aliphatic hydroxyl groups is 1. The van der Waals surface area contributed by atoms with Gasteiger partial charge in [-0.3, -0.25) is 0 Å². The zero-order valence-electron chi connectivity index (χ0n) is 9.62. The van der Waals surface area contributed by atoms with Crippen molar-refractivity contribution in [2.24, 2.45) is 0 Å². The molecule has 1 heterocycles. The number of aliphatic hydroxyl groups excluding tert-OH is 1. The fraction of sp³-hybridized carbons (Fsp3) is 0.273. The summed E-state index contributed by atoms with van der Waals surface area (Å²) >= 11 is 0. The first-order chi connectivity index (χ1) is 8.30. The summed E-state index contributed by atoms with van der Waals surface area (Å²) in [5.74, 6) is 1.24. The van der Waals surface area contributed by atoms with Crippen molar-refractivity contribution in [2.45, 2.75) is 6.61 Å². The molecule has 0 aliphatic carbocycles. The molecule has 0 bridgehead atoms. The number of methoxy groups -OCH3 is 2. The van der Waals surface area contributed by atoms with Crippen LogP contribution < -0.4 is 9.47 Å². The lowest BCUT2D eigenvalue weighted by Crippen LogP contribution is -2.03. The summed E-state index contributed by atoms with van der Waals surface area (Å²) in [7, 11) is 3.14. The molecule has 2 aromatic rings. The summed E-state index contributed by atoms with van der Waals surface area (Å²) in [5, 5.41) is 16.8. The monoisotopic (exact) mass is 235 g/mol. The number of benzene rings is 1. The molecule has 17 heavy (non-hydrogen) atoms. The van der Waals surface area contributed by atoms with Gasteiger partial charge in [0.1, 0.15) is 0 Å². The molecule has 0 saturated carbocycles. The van der Waals surface area contributed by atoms with Gasteiger partial charge in [-0.2, -0.15) is 0 Å². The summed E-state index contributed by atoms with van der Waals surface area (Å²) in [4.78, 5) is 0. The SMILES string of the molecule is COc1ccc(-n2nncc2CO)cc1OC. The largest absolute Gasteiger partial charge is 0.493 e. The third-order valence-corrected chi connectivity index (χ3v) is 2.39. The summed E-state index contributed by atoms with van der Waals surface area (Å²) in [5.41, 5.74) is 1.36. The Kier molecular flexibility index (Phi) is 3.24. The van der Waals surface area contributed by atoms with Crippen LogP contribution in [0.25, 0.3) is 5.69 Å². The average molecular weight is 235 g/mol. The fourth-order valence-corrected chi connectivity index (χ4v) is 1.54. The molecule has 6 nitrogen and oxygen atoms in total. The second-order valence-electron chi connectivity index (χ2n) is 3.33. The molecule has 0 aliphatic rings. The van der Waals surface area contributed by atoms with Crippen molar-refractivity contribution in [3.8, 4) is 17.2 Å². The van der Waals surface area contributed by atoms with Crippen molar-refractivity contribution < 1.29 is 14.6 Å². The van der Waals surface area contributed by atoms with Gasteiger partial charge in [-0.1, -0.05) is 5.21 Å². The molecule has 2 rings (SSSR count). The maximum atomic E-state index is 9.14. The van der Waals surface area contributed by atoms with Gasteiger partial charge in [-0.05, 0) is 12.1 Å². The predicted molar refractivity (Wildman–Crippen MR) is 60.4 cm³/mol. The van der Waals surface area contributed by atoms with Crippen LogP contribution in [0, 0.1) is 0 Å². The normalized spacial score (nSPS) is 10.3. The molecule has 0 atom stereocenters. The molecule has 0 fully saturated rings. The summed E-state index contributed by atoms with van der Waals surface area (Å²) in [6.45, 7) is -0.124. The summed E-state index contributed by atoms with van der Waals surface area (Å²) in [6.07, 6.45) is 1.51. The molecule has 1 N–H and O–H groups in total. The van der Waals surface area contributed by atoms with Gasteiger partial charge in [0.05, 0.1) is 38.4 Å². The first-order valence-electron chi connectivity index (χ1n) is 5.03. The number of nitrogens with zero attached hydrogens (tertiary/aromatic N) is 3. The summed E-state index contributed by atoms with van der Waals surface area (Å²) < 4.78 is 11.9. The second kappa shape index (κ2) is 4.84. The highest BCUT2D eigenvalue weighted by Gasteiger charge is 2.09. The molecule has 0 spiro atoms. The number of hydrogen-bond acceptors (Lipinski definition) is 5. The van der Waals surface area contributed by atoms with Crippen molar-refractivity contribution in [1.82, 2.24) is 15.0 Å². The lowest BCUT2D eigenvalue weighted by atomic mass is 10.2. The zero-order valence-corrected chi connectivity index (χ0v) is 9.62. The molecule has 0 unspecified atom stereocenters. The highest BCUT2D eigenvalue weighted by Crippen LogP contribution is 2.29. The maximum Gasteiger partial charge on any atom is 0.162 e. The first-order valence-corrected chi connectivity index (χ1v) is 5.03. The minimum Gasteiger partial charge on any atom is -0.493 e. The van der Waals surface area contributed by atoms with Crippen molar-refractivity contribution in [1.29, 1.82) is 0 Å². The fourth-order valence-electron chi connectivity index (χ4n) is 1.54. The van der Waals surface area contributed by atoms with Crippen molar-refractivity contribution in [3.05, 3.63) is 30.1 Å². The van der Waals surface area contributed by atoms with E-state index in [9.17, 15) is 0 Å². The van der Waals surface area contributed by atoms with Crippen LogP contribution in [0.1, 0.15) is 5.69 Å². The second-order valence-corrected chi connectivity index (χ2v) is 3.33. The standard InChI is InChI=1S/C11H13N3O3/c1-16-10-4-3-8(5-11(10)17-2)14-9(7-15)6-12-13-14/h3-6,15H,7H2,1-2H3. The van der Waals surface area contributed by atoms with Crippen molar-refractivity contribution in [2.75, 3.05) is 14.2 Å². The Hall–Kier alpha value is -2.08. The van der Waals surface area contributed by atoms with Gasteiger partial charge in [0.15, 0.2) is 11.5 Å². The van der Waals surface area contributed by atoms with Crippen LogP contribution in [-0.2, 0) is 6.61 Å². The molecule has 1 aromatic carbocycles. The van der Waals surface area contributed by atoms with Crippen LogP contribution >= 0.6 is 0 Å². The highest BCUT2D eigenvalue weighted by atomic mass is 16.5. The average Bonchev–Trinajstić information content (AvgIpc) is 2.86. The van der Waals surface area contributed by atoms with Gasteiger partial charge in [-0.15, -0.1) is 5.10 Å². The minimum atomic E-state index is -0.124. The Morgan fingerprint density at radius 2 is 2.00 bits per heavy atom.